The molecule has 0 amide bonds. The van der Waals surface area contributed by atoms with Gasteiger partial charge >= 0.3 is 11.9 Å². The maximum absolute atomic E-state index is 10.9. The van der Waals surface area contributed by atoms with E-state index in [-0.39, 0.29) is 6.42 Å². The van der Waals surface area contributed by atoms with Gasteiger partial charge in [0.05, 0.1) is 0 Å². The lowest BCUT2D eigenvalue weighted by atomic mass is 9.76. The molecule has 0 fully saturated rings. The highest BCUT2D eigenvalue weighted by atomic mass is 35.5. The molecule has 4 nitrogen and oxygen atoms in total. The first kappa shape index (κ1) is 26.9. The quantitative estimate of drug-likeness (QED) is 0.183. The van der Waals surface area contributed by atoms with Crippen LogP contribution < -0.4 is 0 Å². The van der Waals surface area contributed by atoms with Crippen molar-refractivity contribution in [1.29, 1.82) is 0 Å². The molecular formula is C28H37ClO4. The van der Waals surface area contributed by atoms with Gasteiger partial charge < -0.3 is 10.2 Å². The van der Waals surface area contributed by atoms with Crippen LogP contribution in [0.3, 0.4) is 0 Å². The van der Waals surface area contributed by atoms with E-state index in [9.17, 15) is 9.59 Å². The van der Waals surface area contributed by atoms with Crippen LogP contribution >= 0.6 is 11.6 Å². The van der Waals surface area contributed by atoms with E-state index in [0.717, 1.165) is 57.8 Å². The maximum Gasteiger partial charge on any atom is 0.321 e. The minimum absolute atomic E-state index is 0.250. The molecule has 180 valence electrons. The van der Waals surface area contributed by atoms with Gasteiger partial charge in [-0.05, 0) is 48.6 Å². The Morgan fingerprint density at radius 2 is 1.06 bits per heavy atom. The molecule has 0 aliphatic heterocycles. The molecule has 2 aromatic carbocycles. The summed E-state index contributed by atoms with van der Waals surface area (Å²) < 4.78 is 0. The van der Waals surface area contributed by atoms with E-state index in [2.05, 4.69) is 54.6 Å². The lowest BCUT2D eigenvalue weighted by Crippen LogP contribution is -2.13. The number of carboxylic acids is 2. The van der Waals surface area contributed by atoms with Gasteiger partial charge in [-0.3, -0.25) is 9.59 Å². The summed E-state index contributed by atoms with van der Waals surface area (Å²) in [5, 5.41) is 17.0. The minimum atomic E-state index is -0.939. The van der Waals surface area contributed by atoms with E-state index in [1.165, 1.54) is 11.1 Å². The zero-order valence-electron chi connectivity index (χ0n) is 19.4. The molecule has 0 aliphatic carbocycles. The van der Waals surface area contributed by atoms with Gasteiger partial charge in [-0.15, -0.1) is 11.6 Å². The second-order valence-corrected chi connectivity index (χ2v) is 9.35. The second-order valence-electron chi connectivity index (χ2n) is 8.82. The van der Waals surface area contributed by atoms with Crippen molar-refractivity contribution in [2.24, 2.45) is 0 Å². The standard InChI is InChI=1S/C28H37ClO4/c29-26(28(32)33)20-12-5-11-19-25(23-16-8-4-9-17-23)24(22-14-6-3-7-15-22)18-10-1-2-13-21-27(30)31/h3-4,6-9,14-17,24-26H,1-2,5,10-13,18-21H2,(H,30,31)(H,32,33). The number of unbranched alkanes of at least 4 members (excludes halogenated alkanes) is 5. The summed E-state index contributed by atoms with van der Waals surface area (Å²) in [5.74, 6) is -0.872. The van der Waals surface area contributed by atoms with Gasteiger partial charge in [-0.1, -0.05) is 99.2 Å². The van der Waals surface area contributed by atoms with Crippen LogP contribution in [-0.4, -0.2) is 27.5 Å². The molecule has 5 heteroatoms. The molecular weight excluding hydrogens is 436 g/mol. The summed E-state index contributed by atoms with van der Waals surface area (Å²) >= 11 is 5.86. The first-order valence-electron chi connectivity index (χ1n) is 12.2. The molecule has 0 radical (unpaired) electrons. The van der Waals surface area contributed by atoms with Gasteiger partial charge in [0.2, 0.25) is 0 Å². The van der Waals surface area contributed by atoms with Gasteiger partial charge in [0, 0.05) is 6.42 Å². The summed E-state index contributed by atoms with van der Waals surface area (Å²) in [4.78, 5) is 21.7. The highest BCUT2D eigenvalue weighted by Crippen LogP contribution is 2.40. The Morgan fingerprint density at radius 3 is 1.52 bits per heavy atom. The Kier molecular flexibility index (Phi) is 12.6. The zero-order valence-corrected chi connectivity index (χ0v) is 20.1. The molecule has 0 aromatic heterocycles. The number of hydrogen-bond acceptors (Lipinski definition) is 2. The summed E-state index contributed by atoms with van der Waals surface area (Å²) in [6.07, 6.45) is 9.51. The van der Waals surface area contributed by atoms with E-state index in [1.54, 1.807) is 0 Å². The number of halogens is 1. The van der Waals surface area contributed by atoms with E-state index >= 15 is 0 Å². The number of carboxylic acid groups (broad SMARTS) is 2. The maximum atomic E-state index is 10.9. The second kappa shape index (κ2) is 15.5. The molecule has 3 atom stereocenters. The molecule has 0 bridgehead atoms. The van der Waals surface area contributed by atoms with Gasteiger partial charge in [0.1, 0.15) is 5.38 Å². The molecule has 2 aromatic rings. The minimum Gasteiger partial charge on any atom is -0.481 e. The first-order valence-corrected chi connectivity index (χ1v) is 12.6. The number of hydrogen-bond donors (Lipinski definition) is 2. The third kappa shape index (κ3) is 10.4. The average Bonchev–Trinajstić information content (AvgIpc) is 2.82. The SMILES string of the molecule is O=C(O)CCCCCCC(c1ccccc1)C(CCCCCC(Cl)C(=O)O)c1ccccc1. The summed E-state index contributed by atoms with van der Waals surface area (Å²) in [6, 6.07) is 21.4. The molecule has 2 N–H and O–H groups in total. The van der Waals surface area contributed by atoms with Crippen LogP contribution in [0.25, 0.3) is 0 Å². The summed E-state index contributed by atoms with van der Waals surface area (Å²) in [5.41, 5.74) is 2.70. The molecule has 0 saturated heterocycles. The van der Waals surface area contributed by atoms with Crippen LogP contribution in [-0.2, 0) is 9.59 Å². The Hall–Kier alpha value is -2.33. The van der Waals surface area contributed by atoms with Gasteiger partial charge in [-0.2, -0.15) is 0 Å². The number of carbonyl (C=O) groups is 2. The lowest BCUT2D eigenvalue weighted by molar-refractivity contribution is -0.138. The molecule has 33 heavy (non-hydrogen) atoms. The molecule has 0 heterocycles. The normalized spacial score (nSPS) is 13.8. The average molecular weight is 473 g/mol. The molecule has 3 unspecified atom stereocenters. The van der Waals surface area contributed by atoms with Crippen molar-refractivity contribution in [3.05, 3.63) is 71.8 Å². The van der Waals surface area contributed by atoms with Crippen molar-refractivity contribution in [3.8, 4) is 0 Å². The van der Waals surface area contributed by atoms with Crippen molar-refractivity contribution in [3.63, 3.8) is 0 Å². The van der Waals surface area contributed by atoms with Crippen LogP contribution in [0.5, 0.6) is 0 Å². The molecule has 2 rings (SSSR count). The van der Waals surface area contributed by atoms with Crippen molar-refractivity contribution >= 4 is 23.5 Å². The van der Waals surface area contributed by atoms with E-state index < -0.39 is 17.3 Å². The third-order valence-corrected chi connectivity index (χ3v) is 6.74. The van der Waals surface area contributed by atoms with Crippen LogP contribution in [0, 0.1) is 0 Å². The predicted molar refractivity (Wildman–Crippen MR) is 134 cm³/mol. The number of alkyl halides is 1. The van der Waals surface area contributed by atoms with Crippen molar-refractivity contribution < 1.29 is 19.8 Å². The van der Waals surface area contributed by atoms with Crippen LogP contribution in [0.15, 0.2) is 60.7 Å². The first-order chi connectivity index (χ1) is 16.0. The topological polar surface area (TPSA) is 74.6 Å². The Bertz CT molecular complexity index is 809. The predicted octanol–water partition coefficient (Wildman–Crippen LogP) is 7.62. The fraction of sp³-hybridized carbons (Fsp3) is 0.500. The van der Waals surface area contributed by atoms with Crippen molar-refractivity contribution in [1.82, 2.24) is 0 Å². The van der Waals surface area contributed by atoms with Gasteiger partial charge in [0.25, 0.3) is 0 Å². The van der Waals surface area contributed by atoms with E-state index in [1.807, 2.05) is 6.07 Å². The van der Waals surface area contributed by atoms with Gasteiger partial charge in [-0.25, -0.2) is 0 Å². The van der Waals surface area contributed by atoms with E-state index in [4.69, 9.17) is 21.8 Å². The highest BCUT2D eigenvalue weighted by molar-refractivity contribution is 6.29. The smallest absolute Gasteiger partial charge is 0.321 e. The monoisotopic (exact) mass is 472 g/mol. The van der Waals surface area contributed by atoms with Crippen LogP contribution in [0.2, 0.25) is 0 Å². The Balaban J connectivity index is 2.04. The summed E-state index contributed by atoms with van der Waals surface area (Å²) in [6.45, 7) is 0. The number of aliphatic carboxylic acids is 2. The fourth-order valence-corrected chi connectivity index (χ4v) is 4.74. The van der Waals surface area contributed by atoms with Crippen LogP contribution in [0.4, 0.5) is 0 Å². The summed E-state index contributed by atoms with van der Waals surface area (Å²) in [7, 11) is 0. The number of benzene rings is 2. The lowest BCUT2D eigenvalue weighted by Gasteiger charge is -2.29. The fourth-order valence-electron chi connectivity index (χ4n) is 4.58. The zero-order chi connectivity index (χ0) is 23.9. The van der Waals surface area contributed by atoms with Crippen molar-refractivity contribution in [2.45, 2.75) is 87.8 Å². The highest BCUT2D eigenvalue weighted by Gasteiger charge is 2.24. The Labute approximate surface area is 203 Å². The third-order valence-electron chi connectivity index (χ3n) is 6.34. The van der Waals surface area contributed by atoms with Crippen LogP contribution in [0.1, 0.15) is 93.6 Å². The van der Waals surface area contributed by atoms with Crippen molar-refractivity contribution in [2.75, 3.05) is 0 Å². The largest absolute Gasteiger partial charge is 0.481 e. The van der Waals surface area contributed by atoms with Gasteiger partial charge in [0.15, 0.2) is 0 Å². The molecule has 0 spiro atoms. The molecule has 0 aliphatic rings. The Morgan fingerprint density at radius 1 is 0.636 bits per heavy atom. The molecule has 0 saturated carbocycles. The number of rotatable bonds is 17. The van der Waals surface area contributed by atoms with E-state index in [0.29, 0.717) is 18.3 Å².